The smallest absolute Gasteiger partial charge is 0.339 e. The molecule has 0 aliphatic heterocycles. The lowest BCUT2D eigenvalue weighted by molar-refractivity contribution is -0.119. The predicted octanol–water partition coefficient (Wildman–Crippen LogP) is 3.21. The predicted molar refractivity (Wildman–Crippen MR) is 96.0 cm³/mol. The van der Waals surface area contributed by atoms with Crippen molar-refractivity contribution in [2.75, 3.05) is 17.7 Å². The fourth-order valence-corrected chi connectivity index (χ4v) is 2.82. The van der Waals surface area contributed by atoms with Crippen LogP contribution in [0.15, 0.2) is 47.5 Å². The molecular weight excluding hydrogens is 364 g/mol. The van der Waals surface area contributed by atoms with Crippen LogP contribution in [0.3, 0.4) is 0 Å². The molecule has 1 heterocycles. The molecule has 0 bridgehead atoms. The van der Waals surface area contributed by atoms with Crippen LogP contribution in [0.1, 0.15) is 17.3 Å². The normalized spacial score (nSPS) is 10.2. The molecule has 6 nitrogen and oxygen atoms in total. The first-order valence-electron chi connectivity index (χ1n) is 7.26. The second-order valence-corrected chi connectivity index (χ2v) is 6.33. The van der Waals surface area contributed by atoms with E-state index in [2.05, 4.69) is 10.3 Å². The Balaban J connectivity index is 1.95. The number of ketones is 1. The second kappa shape index (κ2) is 9.19. The molecule has 1 N–H and O–H groups in total. The maximum Gasteiger partial charge on any atom is 0.339 e. The van der Waals surface area contributed by atoms with Crippen LogP contribution in [0.4, 0.5) is 5.69 Å². The van der Waals surface area contributed by atoms with Gasteiger partial charge in [-0.25, -0.2) is 9.78 Å². The summed E-state index contributed by atoms with van der Waals surface area (Å²) >= 11 is 7.09. The number of rotatable bonds is 7. The van der Waals surface area contributed by atoms with Crippen LogP contribution in [0, 0.1) is 0 Å². The molecule has 0 aliphatic rings. The second-order valence-electron chi connectivity index (χ2n) is 4.95. The van der Waals surface area contributed by atoms with Gasteiger partial charge in [0.2, 0.25) is 0 Å². The summed E-state index contributed by atoms with van der Waals surface area (Å²) in [4.78, 5) is 39.6. The number of esters is 1. The van der Waals surface area contributed by atoms with Crippen LogP contribution >= 0.6 is 23.4 Å². The van der Waals surface area contributed by atoms with Crippen molar-refractivity contribution in [1.29, 1.82) is 0 Å². The molecule has 8 heteroatoms. The van der Waals surface area contributed by atoms with E-state index < -0.39 is 18.5 Å². The first-order valence-corrected chi connectivity index (χ1v) is 8.62. The molecule has 2 aromatic rings. The maximum atomic E-state index is 12.2. The van der Waals surface area contributed by atoms with E-state index in [0.29, 0.717) is 16.1 Å². The number of halogens is 1. The molecule has 0 unspecified atom stereocenters. The average Bonchev–Trinajstić information content (AvgIpc) is 2.60. The number of ether oxygens (including phenoxy) is 1. The van der Waals surface area contributed by atoms with E-state index in [1.54, 1.807) is 36.4 Å². The third-order valence-corrected chi connectivity index (χ3v) is 4.42. The Morgan fingerprint density at radius 3 is 2.68 bits per heavy atom. The van der Waals surface area contributed by atoms with Crippen molar-refractivity contribution >= 4 is 46.7 Å². The average molecular weight is 379 g/mol. The monoisotopic (exact) mass is 378 g/mol. The Hall–Kier alpha value is -2.38. The largest absolute Gasteiger partial charge is 0.452 e. The standard InChI is InChI=1S/C17H15ClN2O4S/c1-11(21)10-25-14-7-3-2-5-12(14)17(23)24-9-15(22)20-13-6-4-8-19-16(13)18/h2-8H,9-10H2,1H3,(H,20,22). The molecule has 0 aliphatic carbocycles. The molecule has 1 aromatic heterocycles. The van der Waals surface area contributed by atoms with Crippen molar-refractivity contribution in [3.05, 3.63) is 53.3 Å². The van der Waals surface area contributed by atoms with Crippen LogP contribution in [0.2, 0.25) is 5.15 Å². The molecular formula is C17H15ClN2O4S. The van der Waals surface area contributed by atoms with Crippen molar-refractivity contribution < 1.29 is 19.1 Å². The Morgan fingerprint density at radius 2 is 1.96 bits per heavy atom. The fraction of sp³-hybridized carbons (Fsp3) is 0.176. The van der Waals surface area contributed by atoms with Gasteiger partial charge in [-0.2, -0.15) is 0 Å². The Bertz CT molecular complexity index is 798. The highest BCUT2D eigenvalue weighted by molar-refractivity contribution is 8.00. The van der Waals surface area contributed by atoms with Crippen LogP contribution in [-0.2, 0) is 14.3 Å². The number of pyridine rings is 1. The molecule has 0 saturated carbocycles. The van der Waals surface area contributed by atoms with Crippen molar-refractivity contribution in [3.63, 3.8) is 0 Å². The quantitative estimate of drug-likeness (QED) is 0.452. The van der Waals surface area contributed by atoms with Gasteiger partial charge >= 0.3 is 5.97 Å². The lowest BCUT2D eigenvalue weighted by atomic mass is 10.2. The van der Waals surface area contributed by atoms with Crippen LogP contribution in [0.5, 0.6) is 0 Å². The van der Waals surface area contributed by atoms with Gasteiger partial charge in [-0.1, -0.05) is 23.7 Å². The highest BCUT2D eigenvalue weighted by Gasteiger charge is 2.15. The Labute approximate surface area is 153 Å². The van der Waals surface area contributed by atoms with Crippen LogP contribution in [0.25, 0.3) is 0 Å². The van der Waals surface area contributed by atoms with Crippen molar-refractivity contribution in [2.24, 2.45) is 0 Å². The highest BCUT2D eigenvalue weighted by atomic mass is 35.5. The molecule has 25 heavy (non-hydrogen) atoms. The zero-order valence-electron chi connectivity index (χ0n) is 13.3. The summed E-state index contributed by atoms with van der Waals surface area (Å²) < 4.78 is 5.04. The Morgan fingerprint density at radius 1 is 1.20 bits per heavy atom. The third-order valence-electron chi connectivity index (χ3n) is 2.91. The first-order chi connectivity index (χ1) is 12.0. The first kappa shape index (κ1) is 19.0. The molecule has 130 valence electrons. The Kier molecular flexibility index (Phi) is 6.97. The summed E-state index contributed by atoms with van der Waals surface area (Å²) in [5.41, 5.74) is 0.642. The number of Topliss-reactive ketones (excluding diaryl/α,β-unsaturated/α-hetero) is 1. The fourth-order valence-electron chi connectivity index (χ4n) is 1.81. The van der Waals surface area contributed by atoms with Gasteiger partial charge < -0.3 is 10.1 Å². The van der Waals surface area contributed by atoms with Gasteiger partial charge in [0.1, 0.15) is 5.78 Å². The minimum Gasteiger partial charge on any atom is -0.452 e. The molecule has 0 saturated heterocycles. The van der Waals surface area contributed by atoms with Crippen LogP contribution < -0.4 is 5.32 Å². The zero-order valence-corrected chi connectivity index (χ0v) is 14.9. The summed E-state index contributed by atoms with van der Waals surface area (Å²) in [7, 11) is 0. The number of thioether (sulfide) groups is 1. The van der Waals surface area contributed by atoms with Crippen molar-refractivity contribution in [3.8, 4) is 0 Å². The SMILES string of the molecule is CC(=O)CSc1ccccc1C(=O)OCC(=O)Nc1cccnc1Cl. The minimum absolute atomic E-state index is 0.000831. The van der Waals surface area contributed by atoms with E-state index in [9.17, 15) is 14.4 Å². The molecule has 2 rings (SSSR count). The number of anilines is 1. The van der Waals surface area contributed by atoms with Gasteiger partial charge in [-0.05, 0) is 31.2 Å². The summed E-state index contributed by atoms with van der Waals surface area (Å²) in [6, 6.07) is 9.96. The number of carbonyl (C=O) groups is 3. The number of amides is 1. The molecule has 1 amide bonds. The van der Waals surface area contributed by atoms with E-state index in [1.165, 1.54) is 24.9 Å². The number of aromatic nitrogens is 1. The number of hydrogen-bond donors (Lipinski definition) is 1. The number of nitrogens with one attached hydrogen (secondary N) is 1. The molecule has 0 radical (unpaired) electrons. The van der Waals surface area contributed by atoms with E-state index >= 15 is 0 Å². The van der Waals surface area contributed by atoms with Crippen molar-refractivity contribution in [1.82, 2.24) is 4.98 Å². The molecule has 0 atom stereocenters. The van der Waals surface area contributed by atoms with Gasteiger partial charge in [0.05, 0.1) is 17.0 Å². The van der Waals surface area contributed by atoms with Gasteiger partial charge in [-0.15, -0.1) is 11.8 Å². The number of benzene rings is 1. The third kappa shape index (κ3) is 5.88. The van der Waals surface area contributed by atoms with E-state index in [-0.39, 0.29) is 16.7 Å². The van der Waals surface area contributed by atoms with E-state index in [4.69, 9.17) is 16.3 Å². The number of carbonyl (C=O) groups excluding carboxylic acids is 3. The maximum absolute atomic E-state index is 12.2. The minimum atomic E-state index is -0.640. The molecule has 1 aromatic carbocycles. The molecule has 0 spiro atoms. The van der Waals surface area contributed by atoms with Crippen LogP contribution in [-0.4, -0.2) is 35.0 Å². The van der Waals surface area contributed by atoms with Gasteiger partial charge in [0.25, 0.3) is 5.91 Å². The van der Waals surface area contributed by atoms with Gasteiger partial charge in [0, 0.05) is 11.1 Å². The highest BCUT2D eigenvalue weighted by Crippen LogP contribution is 2.23. The number of hydrogen-bond acceptors (Lipinski definition) is 6. The van der Waals surface area contributed by atoms with E-state index in [1.807, 2.05) is 0 Å². The van der Waals surface area contributed by atoms with E-state index in [0.717, 1.165) is 0 Å². The summed E-state index contributed by atoms with van der Waals surface area (Å²) in [6.45, 7) is 1.01. The van der Waals surface area contributed by atoms with Gasteiger partial charge in [0.15, 0.2) is 11.8 Å². The van der Waals surface area contributed by atoms with Crippen molar-refractivity contribution in [2.45, 2.75) is 11.8 Å². The zero-order chi connectivity index (χ0) is 18.2. The lowest BCUT2D eigenvalue weighted by Crippen LogP contribution is -2.21. The summed E-state index contributed by atoms with van der Waals surface area (Å²) in [6.07, 6.45) is 1.49. The topological polar surface area (TPSA) is 85.4 Å². The molecule has 0 fully saturated rings. The summed E-state index contributed by atoms with van der Waals surface area (Å²) in [5, 5.41) is 2.66. The van der Waals surface area contributed by atoms with Gasteiger partial charge in [-0.3, -0.25) is 9.59 Å². The lowest BCUT2D eigenvalue weighted by Gasteiger charge is -2.09. The number of nitrogens with zero attached hydrogens (tertiary/aromatic N) is 1. The summed E-state index contributed by atoms with van der Waals surface area (Å²) in [5.74, 6) is -0.915.